The highest BCUT2D eigenvalue weighted by Crippen LogP contribution is 1.95. The van der Waals surface area contributed by atoms with Gasteiger partial charge in [-0.05, 0) is 18.5 Å². The van der Waals surface area contributed by atoms with Gasteiger partial charge in [0.1, 0.15) is 0 Å². The second kappa shape index (κ2) is 5.66. The van der Waals surface area contributed by atoms with Crippen LogP contribution in [-0.4, -0.2) is 22.4 Å². The predicted molar refractivity (Wildman–Crippen MR) is 60.8 cm³/mol. The van der Waals surface area contributed by atoms with E-state index in [1.165, 1.54) is 10.7 Å². The summed E-state index contributed by atoms with van der Waals surface area (Å²) in [6.07, 6.45) is 1.64. The van der Waals surface area contributed by atoms with Crippen molar-refractivity contribution in [3.63, 3.8) is 0 Å². The maximum Gasteiger partial charge on any atom is 0.266 e. The van der Waals surface area contributed by atoms with Gasteiger partial charge in [0.15, 0.2) is 0 Å². The summed E-state index contributed by atoms with van der Waals surface area (Å²) in [7, 11) is 0. The highest BCUT2D eigenvalue weighted by Gasteiger charge is 2.05. The third-order valence-corrected chi connectivity index (χ3v) is 2.14. The molecule has 0 saturated heterocycles. The monoisotopic (exact) mass is 209 g/mol. The first-order chi connectivity index (χ1) is 7.09. The smallest absolute Gasteiger partial charge is 0.266 e. The lowest BCUT2D eigenvalue weighted by Gasteiger charge is -2.15. The molecule has 0 spiro atoms. The van der Waals surface area contributed by atoms with Crippen LogP contribution in [0.1, 0.15) is 20.8 Å². The molecule has 4 nitrogen and oxygen atoms in total. The van der Waals surface area contributed by atoms with Gasteiger partial charge < -0.3 is 5.32 Å². The number of aromatic nitrogens is 2. The van der Waals surface area contributed by atoms with E-state index in [4.69, 9.17) is 0 Å². The Morgan fingerprint density at radius 1 is 1.47 bits per heavy atom. The van der Waals surface area contributed by atoms with E-state index in [1.807, 2.05) is 0 Å². The summed E-state index contributed by atoms with van der Waals surface area (Å²) in [5.74, 6) is 0.403. The zero-order chi connectivity index (χ0) is 11.3. The fourth-order valence-electron chi connectivity index (χ4n) is 1.32. The fourth-order valence-corrected chi connectivity index (χ4v) is 1.32. The predicted octanol–water partition coefficient (Wildman–Crippen LogP) is 0.877. The quantitative estimate of drug-likeness (QED) is 0.783. The number of hydrogen-bond acceptors (Lipinski definition) is 3. The lowest BCUT2D eigenvalue weighted by Crippen LogP contribution is -2.32. The highest BCUT2D eigenvalue weighted by molar-refractivity contribution is 4.84. The van der Waals surface area contributed by atoms with Crippen LogP contribution in [0.4, 0.5) is 0 Å². The average molecular weight is 209 g/mol. The Hall–Kier alpha value is -1.16. The molecule has 0 aromatic carbocycles. The molecular formula is C11H19N3O. The first kappa shape index (κ1) is 11.9. The van der Waals surface area contributed by atoms with Crippen molar-refractivity contribution in [1.29, 1.82) is 0 Å². The minimum Gasteiger partial charge on any atom is -0.314 e. The van der Waals surface area contributed by atoms with Crippen LogP contribution in [0.2, 0.25) is 0 Å². The minimum atomic E-state index is -0.0334. The van der Waals surface area contributed by atoms with Crippen LogP contribution in [0.5, 0.6) is 0 Å². The van der Waals surface area contributed by atoms with Gasteiger partial charge in [0, 0.05) is 24.8 Å². The van der Waals surface area contributed by atoms with E-state index >= 15 is 0 Å². The van der Waals surface area contributed by atoms with E-state index < -0.39 is 0 Å². The summed E-state index contributed by atoms with van der Waals surface area (Å²) in [5, 5.41) is 7.36. The largest absolute Gasteiger partial charge is 0.314 e. The molecule has 1 aromatic rings. The van der Waals surface area contributed by atoms with E-state index in [0.29, 0.717) is 18.5 Å². The Bertz CT molecular complexity index is 346. The van der Waals surface area contributed by atoms with Crippen molar-refractivity contribution in [2.45, 2.75) is 33.4 Å². The Kier molecular flexibility index (Phi) is 4.49. The topological polar surface area (TPSA) is 46.9 Å². The molecule has 0 fully saturated rings. The maximum absolute atomic E-state index is 11.4. The zero-order valence-electron chi connectivity index (χ0n) is 9.60. The van der Waals surface area contributed by atoms with E-state index in [9.17, 15) is 4.79 Å². The van der Waals surface area contributed by atoms with Crippen molar-refractivity contribution in [2.24, 2.45) is 5.92 Å². The molecule has 0 aliphatic heterocycles. The van der Waals surface area contributed by atoms with Gasteiger partial charge in [-0.1, -0.05) is 20.8 Å². The Morgan fingerprint density at radius 3 is 2.80 bits per heavy atom. The lowest BCUT2D eigenvalue weighted by atomic mass is 10.1. The molecule has 0 aliphatic carbocycles. The van der Waals surface area contributed by atoms with Crippen molar-refractivity contribution in [3.05, 3.63) is 28.7 Å². The molecule has 1 N–H and O–H groups in total. The number of nitrogens with zero attached hydrogens (tertiary/aromatic N) is 2. The molecule has 0 bridgehead atoms. The number of rotatable bonds is 5. The average Bonchev–Trinajstić information content (AvgIpc) is 2.18. The van der Waals surface area contributed by atoms with Gasteiger partial charge in [-0.25, -0.2) is 4.68 Å². The molecule has 0 radical (unpaired) electrons. The molecular weight excluding hydrogens is 190 g/mol. The fraction of sp³-hybridized carbons (Fsp3) is 0.636. The first-order valence-corrected chi connectivity index (χ1v) is 5.35. The van der Waals surface area contributed by atoms with Crippen molar-refractivity contribution >= 4 is 0 Å². The molecule has 4 heteroatoms. The van der Waals surface area contributed by atoms with Crippen LogP contribution in [-0.2, 0) is 6.54 Å². The van der Waals surface area contributed by atoms with E-state index in [2.05, 4.69) is 31.2 Å². The van der Waals surface area contributed by atoms with Crippen molar-refractivity contribution < 1.29 is 0 Å². The molecule has 1 unspecified atom stereocenters. The van der Waals surface area contributed by atoms with Gasteiger partial charge in [-0.3, -0.25) is 4.79 Å². The summed E-state index contributed by atoms with van der Waals surface area (Å²) in [4.78, 5) is 11.4. The van der Waals surface area contributed by atoms with Crippen molar-refractivity contribution in [1.82, 2.24) is 15.1 Å². The zero-order valence-corrected chi connectivity index (χ0v) is 9.60. The molecule has 15 heavy (non-hydrogen) atoms. The Balaban J connectivity index is 2.48. The maximum atomic E-state index is 11.4. The molecule has 1 rings (SSSR count). The molecule has 1 aromatic heterocycles. The van der Waals surface area contributed by atoms with Crippen LogP contribution in [0.3, 0.4) is 0 Å². The lowest BCUT2D eigenvalue weighted by molar-refractivity contribution is 0.396. The van der Waals surface area contributed by atoms with Crippen LogP contribution in [0, 0.1) is 5.92 Å². The normalized spacial score (nSPS) is 13.1. The Morgan fingerprint density at radius 2 is 2.20 bits per heavy atom. The van der Waals surface area contributed by atoms with Crippen LogP contribution in [0.25, 0.3) is 0 Å². The van der Waals surface area contributed by atoms with Gasteiger partial charge in [-0.2, -0.15) is 5.10 Å². The molecule has 0 aliphatic rings. The Labute approximate surface area is 90.3 Å². The van der Waals surface area contributed by atoms with Gasteiger partial charge in [0.2, 0.25) is 0 Å². The van der Waals surface area contributed by atoms with Gasteiger partial charge in [0.05, 0.1) is 0 Å². The summed E-state index contributed by atoms with van der Waals surface area (Å²) < 4.78 is 1.51. The van der Waals surface area contributed by atoms with E-state index in [-0.39, 0.29) is 5.56 Å². The van der Waals surface area contributed by atoms with Crippen LogP contribution in [0.15, 0.2) is 23.1 Å². The molecule has 0 saturated carbocycles. The second-order valence-electron chi connectivity index (χ2n) is 4.21. The summed E-state index contributed by atoms with van der Waals surface area (Å²) in [6.45, 7) is 7.90. The molecule has 0 amide bonds. The summed E-state index contributed by atoms with van der Waals surface area (Å²) in [5.41, 5.74) is -0.0334. The summed E-state index contributed by atoms with van der Waals surface area (Å²) in [6, 6.07) is 3.68. The van der Waals surface area contributed by atoms with E-state index in [0.717, 1.165) is 6.54 Å². The van der Waals surface area contributed by atoms with E-state index in [1.54, 1.807) is 12.3 Å². The third kappa shape index (κ3) is 4.25. The van der Waals surface area contributed by atoms with Crippen LogP contribution >= 0.6 is 0 Å². The third-order valence-electron chi connectivity index (χ3n) is 2.14. The van der Waals surface area contributed by atoms with Crippen LogP contribution < -0.4 is 10.9 Å². The first-order valence-electron chi connectivity index (χ1n) is 5.35. The van der Waals surface area contributed by atoms with Gasteiger partial charge in [-0.15, -0.1) is 0 Å². The molecule has 84 valence electrons. The second-order valence-corrected chi connectivity index (χ2v) is 4.21. The minimum absolute atomic E-state index is 0.0334. The van der Waals surface area contributed by atoms with Gasteiger partial charge >= 0.3 is 0 Å². The van der Waals surface area contributed by atoms with Crippen molar-refractivity contribution in [2.75, 3.05) is 6.54 Å². The highest BCUT2D eigenvalue weighted by atomic mass is 16.1. The number of nitrogens with one attached hydrogen (secondary N) is 1. The standard InChI is InChI=1S/C11H19N3O/c1-9(2)12-7-10(3)8-14-11(15)5-4-6-13-14/h4-6,9-10,12H,7-8H2,1-3H3. The number of hydrogen-bond donors (Lipinski definition) is 1. The van der Waals surface area contributed by atoms with Crippen molar-refractivity contribution in [3.8, 4) is 0 Å². The SMILES string of the molecule is CC(CNC(C)C)Cn1ncccc1=O. The summed E-state index contributed by atoms with van der Waals surface area (Å²) >= 11 is 0. The molecule has 1 heterocycles. The molecule has 1 atom stereocenters. The van der Waals surface area contributed by atoms with Gasteiger partial charge in [0.25, 0.3) is 5.56 Å².